The number of aliphatic hydroxyl groups excluding tert-OH is 9. The molecule has 3 fully saturated rings. The Balaban J connectivity index is 1.24. The molecule has 105 heavy (non-hydrogen) atoms. The number of rotatable bonds is 53. The topological polar surface area (TPSA) is 562 Å². The van der Waals surface area contributed by atoms with Crippen LogP contribution in [0.5, 0.6) is 5.75 Å². The van der Waals surface area contributed by atoms with E-state index in [0.29, 0.717) is 63.5 Å². The Bertz CT molecular complexity index is 2630. The number of unbranched alkanes of at least 4 members (excludes halogenated alkanes) is 3. The maximum absolute atomic E-state index is 14.0. The van der Waals surface area contributed by atoms with E-state index in [1.54, 1.807) is 12.1 Å². The summed E-state index contributed by atoms with van der Waals surface area (Å²) in [4.78, 5) is 114. The van der Waals surface area contributed by atoms with Gasteiger partial charge < -0.3 is 147 Å². The third-order valence-electron chi connectivity index (χ3n) is 17.0. The van der Waals surface area contributed by atoms with Gasteiger partial charge >= 0.3 is 0 Å². The minimum atomic E-state index is -1.49. The van der Waals surface area contributed by atoms with Crippen LogP contribution in [-0.2, 0) is 81.0 Å². The van der Waals surface area contributed by atoms with Crippen LogP contribution in [0.4, 0.5) is 0 Å². The smallest absolute Gasteiger partial charge is 0.251 e. The van der Waals surface area contributed by atoms with Crippen molar-refractivity contribution in [3.05, 3.63) is 29.8 Å². The molecule has 0 radical (unpaired) electrons. The summed E-state index contributed by atoms with van der Waals surface area (Å²) in [7, 11) is 1.47. The summed E-state index contributed by atoms with van der Waals surface area (Å²) in [5, 5.41) is 115. The fourth-order valence-electron chi connectivity index (χ4n) is 11.0. The number of amides is 9. The Morgan fingerprint density at radius 2 is 0.733 bits per heavy atom. The molecule has 4 rings (SSSR count). The summed E-state index contributed by atoms with van der Waals surface area (Å²) >= 11 is 0. The molecule has 15 unspecified atom stereocenters. The van der Waals surface area contributed by atoms with Gasteiger partial charge in [0.05, 0.1) is 72.6 Å². The molecular formula is C67H114N10O28. The van der Waals surface area contributed by atoms with Crippen LogP contribution in [0.15, 0.2) is 24.3 Å². The number of nitrogens with one attached hydrogen (secondary N) is 9. The Labute approximate surface area is 610 Å². The molecule has 9 amide bonds. The van der Waals surface area contributed by atoms with Crippen molar-refractivity contribution in [2.24, 2.45) is 5.73 Å². The Hall–Kier alpha value is -6.51. The van der Waals surface area contributed by atoms with E-state index in [2.05, 4.69) is 47.9 Å². The average molecular weight is 1510 g/mol. The molecule has 0 spiro atoms. The lowest BCUT2D eigenvalue weighted by atomic mass is 9.97. The van der Waals surface area contributed by atoms with Crippen LogP contribution in [0.3, 0.4) is 0 Å². The van der Waals surface area contributed by atoms with E-state index in [0.717, 1.165) is 0 Å². The van der Waals surface area contributed by atoms with Gasteiger partial charge in [0.15, 0.2) is 18.9 Å². The third kappa shape index (κ3) is 34.5. The first-order valence-electron chi connectivity index (χ1n) is 35.7. The molecule has 0 saturated carbocycles. The van der Waals surface area contributed by atoms with Crippen molar-refractivity contribution < 1.29 is 136 Å². The lowest BCUT2D eigenvalue weighted by Crippen LogP contribution is -2.64. The first kappa shape index (κ1) is 90.9. The van der Waals surface area contributed by atoms with Gasteiger partial charge in [-0.2, -0.15) is 0 Å². The summed E-state index contributed by atoms with van der Waals surface area (Å²) < 4.78 is 57.0. The maximum atomic E-state index is 14.0. The summed E-state index contributed by atoms with van der Waals surface area (Å²) in [5.41, 5.74) is 4.64. The predicted octanol–water partition coefficient (Wildman–Crippen LogP) is -6.53. The maximum Gasteiger partial charge on any atom is 0.251 e. The van der Waals surface area contributed by atoms with Crippen molar-refractivity contribution in [1.82, 2.24) is 47.9 Å². The lowest BCUT2D eigenvalue weighted by Gasteiger charge is -2.42. The van der Waals surface area contributed by atoms with Gasteiger partial charge in [0.2, 0.25) is 47.3 Å². The molecule has 0 bridgehead atoms. The van der Waals surface area contributed by atoms with Crippen molar-refractivity contribution in [3.8, 4) is 5.75 Å². The summed E-state index contributed by atoms with van der Waals surface area (Å²) in [6.45, 7) is 1.14. The number of nitrogens with two attached hydrogens (primary N) is 1. The van der Waals surface area contributed by atoms with Crippen LogP contribution in [-0.4, -0.2) is 322 Å². The molecule has 3 saturated heterocycles. The standard InChI is InChI=1S/C67H114N10O28/c1-41(81)75-55-61(93)58(90)46(36-79)104-65(55)101-30-8-5-14-49(84)70-24-11-27-73-52(87)21-33-98-39-67(77-63(95)43-16-18-44(96-3)19-17-43,38-97-32-20-51(86)72-26-10-23-69-48(83)13-4-7-29-100-64-54(68)60(92)57(89)45(35-78)103-64)40-99-34-22-53(88)74-28-12-25-71-50(85)15-6-9-31-102-66-56(76-42(2)82)62(94)59(91)47(37-80)105-66/h16-19,45-47,54-62,64-66,78-80,89-94H,4-15,20-40,68H2,1-3H3,(H,69,83)(H,70,84)(H,71,85)(H,72,86)(H,73,87)(H,74,88)(H,75,81)(H,76,82)(H,77,95). The van der Waals surface area contributed by atoms with Gasteiger partial charge in [-0.15, -0.1) is 0 Å². The van der Waals surface area contributed by atoms with Gasteiger partial charge in [-0.1, -0.05) is 0 Å². The molecule has 0 aliphatic carbocycles. The van der Waals surface area contributed by atoms with Crippen LogP contribution in [0.2, 0.25) is 0 Å². The zero-order valence-corrected chi connectivity index (χ0v) is 60.2. The van der Waals surface area contributed by atoms with Gasteiger partial charge in [-0.25, -0.2) is 0 Å². The van der Waals surface area contributed by atoms with Crippen molar-refractivity contribution >= 4 is 53.2 Å². The van der Waals surface area contributed by atoms with Crippen molar-refractivity contribution in [3.63, 3.8) is 0 Å². The summed E-state index contributed by atoms with van der Waals surface area (Å²) in [6, 6.07) is 3.02. The van der Waals surface area contributed by atoms with E-state index < -0.39 is 135 Å². The highest BCUT2D eigenvalue weighted by atomic mass is 16.7. The van der Waals surface area contributed by atoms with Crippen molar-refractivity contribution in [1.29, 1.82) is 0 Å². The van der Waals surface area contributed by atoms with Gasteiger partial charge in [0, 0.05) is 117 Å². The number of hydrogen-bond acceptors (Lipinski definition) is 29. The molecule has 3 aliphatic heterocycles. The molecule has 600 valence electrons. The van der Waals surface area contributed by atoms with E-state index in [1.165, 1.54) is 33.1 Å². The second-order valence-electron chi connectivity index (χ2n) is 25.7. The number of ether oxygens (including phenoxy) is 10. The van der Waals surface area contributed by atoms with E-state index in [1.807, 2.05) is 0 Å². The molecule has 38 nitrogen and oxygen atoms in total. The fraction of sp³-hybridized carbons (Fsp3) is 0.776. The molecular weight excluding hydrogens is 1390 g/mol. The van der Waals surface area contributed by atoms with Crippen molar-refractivity contribution in [2.75, 3.05) is 126 Å². The Morgan fingerprint density at radius 3 is 1.06 bits per heavy atom. The van der Waals surface area contributed by atoms with E-state index in [4.69, 9.17) is 53.1 Å². The monoisotopic (exact) mass is 1510 g/mol. The van der Waals surface area contributed by atoms with Crippen LogP contribution in [0, 0.1) is 0 Å². The zero-order chi connectivity index (χ0) is 77.1. The largest absolute Gasteiger partial charge is 0.497 e. The first-order chi connectivity index (χ1) is 50.3. The molecule has 38 heteroatoms. The van der Waals surface area contributed by atoms with Crippen LogP contribution in [0.1, 0.15) is 121 Å². The van der Waals surface area contributed by atoms with E-state index >= 15 is 0 Å². The van der Waals surface area contributed by atoms with Gasteiger partial charge in [-0.3, -0.25) is 43.2 Å². The van der Waals surface area contributed by atoms with Crippen LogP contribution in [0.25, 0.3) is 0 Å². The number of hydrogen-bond donors (Lipinski definition) is 19. The van der Waals surface area contributed by atoms with Gasteiger partial charge in [-0.05, 0) is 82.1 Å². The van der Waals surface area contributed by atoms with Crippen LogP contribution >= 0.6 is 0 Å². The highest BCUT2D eigenvalue weighted by Gasteiger charge is 2.47. The molecule has 0 aromatic heterocycles. The number of benzene rings is 1. The van der Waals surface area contributed by atoms with Gasteiger partial charge in [0.25, 0.3) is 5.91 Å². The summed E-state index contributed by atoms with van der Waals surface area (Å²) in [6.07, 6.45) is -11.4. The third-order valence-corrected chi connectivity index (χ3v) is 17.0. The quantitative estimate of drug-likeness (QED) is 0.0270. The molecule has 3 heterocycles. The average Bonchev–Trinajstić information content (AvgIpc) is 0.827. The lowest BCUT2D eigenvalue weighted by molar-refractivity contribution is -0.270. The molecule has 20 N–H and O–H groups in total. The molecule has 3 aliphatic rings. The minimum Gasteiger partial charge on any atom is -0.497 e. The number of carbonyl (C=O) groups is 9. The predicted molar refractivity (Wildman–Crippen MR) is 367 cm³/mol. The highest BCUT2D eigenvalue weighted by molar-refractivity contribution is 5.95. The zero-order valence-electron chi connectivity index (χ0n) is 60.2. The second kappa shape index (κ2) is 50.9. The Kier molecular flexibility index (Phi) is 44.1. The number of methoxy groups -OCH3 is 1. The fourth-order valence-corrected chi connectivity index (χ4v) is 11.0. The SMILES string of the molecule is COc1ccc(C(=O)NC(COCCC(=O)NCCCNC(=O)CCCCOC2OC(CO)C(O)C(O)C2N)(COCCC(=O)NCCCNC(=O)CCCCOC2OC(CO)C(O)C(O)C2NC(C)=O)COCCC(=O)NCCCNC(=O)CCCCOC2OC(CO)C(O)C(O)C2NC(C)=O)cc1. The summed E-state index contributed by atoms with van der Waals surface area (Å²) in [5.74, 6) is -2.94. The minimum absolute atomic E-state index is 0.0799. The van der Waals surface area contributed by atoms with E-state index in [-0.39, 0.29) is 178 Å². The second-order valence-corrected chi connectivity index (χ2v) is 25.7. The normalized spacial score (nSPS) is 25.0. The van der Waals surface area contributed by atoms with Crippen LogP contribution < -0.4 is 58.3 Å². The number of carbonyl (C=O) groups excluding carboxylic acids is 9. The van der Waals surface area contributed by atoms with Gasteiger partial charge in [0.1, 0.15) is 78.3 Å². The molecule has 1 aromatic rings. The van der Waals surface area contributed by atoms with Crippen molar-refractivity contribution in [2.45, 2.75) is 208 Å². The Morgan fingerprint density at radius 1 is 0.419 bits per heavy atom. The highest BCUT2D eigenvalue weighted by Crippen LogP contribution is 2.26. The molecule has 15 atom stereocenters. The molecule has 1 aromatic carbocycles. The number of aliphatic hydroxyl groups is 9. The van der Waals surface area contributed by atoms with E-state index in [9.17, 15) is 89.1 Å². The first-order valence-corrected chi connectivity index (χ1v) is 35.7.